The molecule has 0 aromatic carbocycles. The summed E-state index contributed by atoms with van der Waals surface area (Å²) in [5.41, 5.74) is 0.339. The third-order valence-electron chi connectivity index (χ3n) is 2.54. The number of hydrogen-bond acceptors (Lipinski definition) is 5. The van der Waals surface area contributed by atoms with Crippen molar-refractivity contribution in [3.05, 3.63) is 35.6 Å². The highest BCUT2D eigenvalue weighted by molar-refractivity contribution is 7.89. The minimum atomic E-state index is -3.67. The first-order valence-corrected chi connectivity index (χ1v) is 6.88. The van der Waals surface area contributed by atoms with Gasteiger partial charge in [-0.25, -0.2) is 13.1 Å². The lowest BCUT2D eigenvalue weighted by Gasteiger charge is -2.11. The van der Waals surface area contributed by atoms with Crippen LogP contribution in [0.4, 0.5) is 0 Å². The first-order valence-electron chi connectivity index (χ1n) is 5.40. The van der Waals surface area contributed by atoms with Crippen molar-refractivity contribution in [2.24, 2.45) is 0 Å². The molecule has 18 heavy (non-hydrogen) atoms. The van der Waals surface area contributed by atoms with E-state index in [4.69, 9.17) is 8.94 Å². The lowest BCUT2D eigenvalue weighted by atomic mass is 10.3. The van der Waals surface area contributed by atoms with Crippen LogP contribution in [0.1, 0.15) is 30.2 Å². The number of rotatable bonds is 4. The van der Waals surface area contributed by atoms with E-state index in [1.54, 1.807) is 32.9 Å². The molecule has 7 heteroatoms. The minimum Gasteiger partial charge on any atom is -0.468 e. The maximum absolute atomic E-state index is 12.2. The Bertz CT molecular complexity index is 609. The number of aryl methyl sites for hydroxylation is 2. The zero-order valence-electron chi connectivity index (χ0n) is 10.3. The molecule has 2 aromatic heterocycles. The minimum absolute atomic E-state index is 0.0842. The van der Waals surface area contributed by atoms with Crippen molar-refractivity contribution in [1.29, 1.82) is 0 Å². The van der Waals surface area contributed by atoms with Crippen molar-refractivity contribution >= 4 is 10.0 Å². The summed E-state index contributed by atoms with van der Waals surface area (Å²) in [5.74, 6) is 0.817. The first-order chi connectivity index (χ1) is 8.42. The Labute approximate surface area is 105 Å². The second kappa shape index (κ2) is 4.58. The van der Waals surface area contributed by atoms with Crippen molar-refractivity contribution in [2.45, 2.75) is 31.7 Å². The highest BCUT2D eigenvalue weighted by atomic mass is 32.2. The molecule has 1 atom stereocenters. The van der Waals surface area contributed by atoms with Gasteiger partial charge < -0.3 is 8.94 Å². The topological polar surface area (TPSA) is 85.3 Å². The molecule has 2 heterocycles. The molecule has 0 aliphatic heterocycles. The van der Waals surface area contributed by atoms with Crippen LogP contribution in [0.5, 0.6) is 0 Å². The molecule has 0 aliphatic rings. The number of hydrogen-bond donors (Lipinski definition) is 1. The fourth-order valence-electron chi connectivity index (χ4n) is 1.75. The van der Waals surface area contributed by atoms with Crippen LogP contribution in [-0.4, -0.2) is 13.6 Å². The van der Waals surface area contributed by atoms with Gasteiger partial charge >= 0.3 is 0 Å². The van der Waals surface area contributed by atoms with Gasteiger partial charge in [-0.1, -0.05) is 5.16 Å². The summed E-state index contributed by atoms with van der Waals surface area (Å²) in [5, 5.41) is 3.63. The number of nitrogens with zero attached hydrogens (tertiary/aromatic N) is 1. The van der Waals surface area contributed by atoms with Crippen molar-refractivity contribution in [1.82, 2.24) is 9.88 Å². The molecule has 0 bridgehead atoms. The molecule has 0 aliphatic carbocycles. The normalized spacial score (nSPS) is 13.7. The number of sulfonamides is 1. The van der Waals surface area contributed by atoms with Crippen LogP contribution in [0.15, 0.2) is 32.2 Å². The van der Waals surface area contributed by atoms with Crippen LogP contribution in [0.3, 0.4) is 0 Å². The fourth-order valence-corrected chi connectivity index (χ4v) is 3.29. The quantitative estimate of drug-likeness (QED) is 0.917. The van der Waals surface area contributed by atoms with Gasteiger partial charge in [-0.15, -0.1) is 0 Å². The third kappa shape index (κ3) is 2.32. The van der Waals surface area contributed by atoms with E-state index in [-0.39, 0.29) is 10.7 Å². The van der Waals surface area contributed by atoms with E-state index in [1.165, 1.54) is 6.26 Å². The van der Waals surface area contributed by atoms with Gasteiger partial charge in [-0.05, 0) is 32.9 Å². The molecule has 2 aromatic rings. The molecule has 1 unspecified atom stereocenters. The first kappa shape index (κ1) is 12.8. The van der Waals surface area contributed by atoms with E-state index in [0.29, 0.717) is 11.5 Å². The van der Waals surface area contributed by atoms with Gasteiger partial charge in [0.25, 0.3) is 0 Å². The van der Waals surface area contributed by atoms with E-state index in [0.717, 1.165) is 0 Å². The molecule has 0 saturated heterocycles. The Morgan fingerprint density at radius 2 is 2.11 bits per heavy atom. The van der Waals surface area contributed by atoms with E-state index < -0.39 is 16.1 Å². The molecule has 0 spiro atoms. The summed E-state index contributed by atoms with van der Waals surface area (Å²) >= 11 is 0. The molecular formula is C11H14N2O4S. The van der Waals surface area contributed by atoms with Crippen LogP contribution in [0, 0.1) is 13.8 Å². The van der Waals surface area contributed by atoms with Crippen molar-refractivity contribution in [3.63, 3.8) is 0 Å². The van der Waals surface area contributed by atoms with Gasteiger partial charge in [0.05, 0.1) is 12.3 Å². The zero-order valence-corrected chi connectivity index (χ0v) is 11.1. The van der Waals surface area contributed by atoms with Crippen LogP contribution >= 0.6 is 0 Å². The lowest BCUT2D eigenvalue weighted by molar-refractivity contribution is 0.390. The molecule has 98 valence electrons. The summed E-state index contributed by atoms with van der Waals surface area (Å²) in [6.45, 7) is 4.85. The van der Waals surface area contributed by atoms with E-state index in [1.807, 2.05) is 0 Å². The third-order valence-corrected chi connectivity index (χ3v) is 4.32. The average molecular weight is 270 g/mol. The van der Waals surface area contributed by atoms with Crippen molar-refractivity contribution < 1.29 is 17.4 Å². The van der Waals surface area contributed by atoms with Crippen LogP contribution < -0.4 is 4.72 Å². The summed E-state index contributed by atoms with van der Waals surface area (Å²) in [7, 11) is -3.67. The van der Waals surface area contributed by atoms with Gasteiger partial charge in [-0.3, -0.25) is 0 Å². The van der Waals surface area contributed by atoms with E-state index >= 15 is 0 Å². The Morgan fingerprint density at radius 1 is 1.39 bits per heavy atom. The fraction of sp³-hybridized carbons (Fsp3) is 0.364. The molecular weight excluding hydrogens is 256 g/mol. The van der Waals surface area contributed by atoms with Crippen molar-refractivity contribution in [3.8, 4) is 0 Å². The van der Waals surface area contributed by atoms with E-state index in [9.17, 15) is 8.42 Å². The highest BCUT2D eigenvalue weighted by Gasteiger charge is 2.26. The SMILES string of the molecule is Cc1noc(C)c1S(=O)(=O)NC(C)c1ccco1. The predicted octanol–water partition coefficient (Wildman–Crippen LogP) is 1.92. The number of aromatic nitrogens is 1. The largest absolute Gasteiger partial charge is 0.468 e. The molecule has 0 fully saturated rings. The number of nitrogens with one attached hydrogen (secondary N) is 1. The molecule has 0 radical (unpaired) electrons. The summed E-state index contributed by atoms with van der Waals surface area (Å²) < 4.78 is 36.9. The molecule has 6 nitrogen and oxygen atoms in total. The Hall–Kier alpha value is -1.60. The molecule has 2 rings (SSSR count). The Morgan fingerprint density at radius 3 is 2.61 bits per heavy atom. The van der Waals surface area contributed by atoms with Crippen LogP contribution in [0.25, 0.3) is 0 Å². The number of furan rings is 1. The molecule has 0 amide bonds. The highest BCUT2D eigenvalue weighted by Crippen LogP contribution is 2.22. The van der Waals surface area contributed by atoms with Gasteiger partial charge in [0.15, 0.2) is 5.76 Å². The smallest absolute Gasteiger partial charge is 0.246 e. The van der Waals surface area contributed by atoms with E-state index in [2.05, 4.69) is 9.88 Å². The van der Waals surface area contributed by atoms with Gasteiger partial charge in [-0.2, -0.15) is 0 Å². The maximum atomic E-state index is 12.2. The molecule has 0 saturated carbocycles. The van der Waals surface area contributed by atoms with Gasteiger partial charge in [0, 0.05) is 0 Å². The Balaban J connectivity index is 2.28. The monoisotopic (exact) mass is 270 g/mol. The predicted molar refractivity (Wildman–Crippen MR) is 63.4 cm³/mol. The summed E-state index contributed by atoms with van der Waals surface area (Å²) in [4.78, 5) is 0.0842. The standard InChI is InChI=1S/C11H14N2O4S/c1-7(10-5-4-6-16-10)13-18(14,15)11-8(2)12-17-9(11)3/h4-7,13H,1-3H3. The lowest BCUT2D eigenvalue weighted by Crippen LogP contribution is -2.27. The molecule has 1 N–H and O–H groups in total. The van der Waals surface area contributed by atoms with Crippen molar-refractivity contribution in [2.75, 3.05) is 0 Å². The average Bonchev–Trinajstić information content (AvgIpc) is 2.87. The van der Waals surface area contributed by atoms with Gasteiger partial charge in [0.1, 0.15) is 16.3 Å². The second-order valence-corrected chi connectivity index (χ2v) is 5.66. The summed E-state index contributed by atoms with van der Waals surface area (Å²) in [6.07, 6.45) is 1.50. The van der Waals surface area contributed by atoms with Crippen LogP contribution in [0.2, 0.25) is 0 Å². The summed E-state index contributed by atoms with van der Waals surface area (Å²) in [6, 6.07) is 2.95. The Kier molecular flexibility index (Phi) is 3.27. The van der Waals surface area contributed by atoms with Gasteiger partial charge in [0.2, 0.25) is 10.0 Å². The van der Waals surface area contributed by atoms with Crippen LogP contribution in [-0.2, 0) is 10.0 Å². The second-order valence-electron chi connectivity index (χ2n) is 4.01. The maximum Gasteiger partial charge on any atom is 0.246 e. The zero-order chi connectivity index (χ0) is 13.3.